The number of rotatable bonds is 5. The number of aromatic nitrogens is 1. The van der Waals surface area contributed by atoms with E-state index in [0.29, 0.717) is 22.7 Å². The Kier molecular flexibility index (Phi) is 3.75. The predicted molar refractivity (Wildman–Crippen MR) is 75.1 cm³/mol. The molecule has 1 fully saturated rings. The summed E-state index contributed by atoms with van der Waals surface area (Å²) >= 11 is 1.37. The molecule has 18 heavy (non-hydrogen) atoms. The lowest BCUT2D eigenvalue weighted by Gasteiger charge is -2.16. The lowest BCUT2D eigenvalue weighted by atomic mass is 10.4. The smallest absolute Gasteiger partial charge is 0.265 e. The van der Waals surface area contributed by atoms with Gasteiger partial charge in [-0.2, -0.15) is 0 Å². The van der Waals surface area contributed by atoms with E-state index in [9.17, 15) is 4.79 Å². The molecule has 2 unspecified atom stereocenters. The number of nitrogen functional groups attached to an aromatic ring is 1. The first-order valence-corrected chi connectivity index (χ1v) is 7.20. The van der Waals surface area contributed by atoms with Gasteiger partial charge in [-0.25, -0.2) is 4.98 Å². The number of nitrogens with one attached hydrogen (secondary N) is 1. The summed E-state index contributed by atoms with van der Waals surface area (Å²) in [6, 6.07) is 0.316. The van der Waals surface area contributed by atoms with Crippen LogP contribution in [0.25, 0.3) is 0 Å². The second kappa shape index (κ2) is 5.14. The van der Waals surface area contributed by atoms with Crippen molar-refractivity contribution in [3.63, 3.8) is 0 Å². The van der Waals surface area contributed by atoms with Crippen molar-refractivity contribution >= 4 is 28.2 Å². The first-order valence-electron chi connectivity index (χ1n) is 6.38. The number of nitrogens with two attached hydrogens (primary N) is 1. The van der Waals surface area contributed by atoms with Gasteiger partial charge in [-0.3, -0.25) is 4.79 Å². The van der Waals surface area contributed by atoms with Crippen molar-refractivity contribution in [3.8, 4) is 0 Å². The van der Waals surface area contributed by atoms with Crippen molar-refractivity contribution < 1.29 is 4.79 Å². The molecule has 0 aliphatic heterocycles. The molecule has 6 heteroatoms. The Hall–Kier alpha value is -1.30. The molecule has 1 aromatic heterocycles. The Morgan fingerprint density at radius 1 is 1.56 bits per heavy atom. The first-order chi connectivity index (χ1) is 8.56. The Balaban J connectivity index is 2.10. The molecule has 2 rings (SSSR count). The minimum atomic E-state index is -0.0854. The maximum atomic E-state index is 12.0. The maximum Gasteiger partial charge on any atom is 0.265 e. The Bertz CT molecular complexity index is 441. The summed E-state index contributed by atoms with van der Waals surface area (Å²) in [6.07, 6.45) is 1.06. The van der Waals surface area contributed by atoms with E-state index in [-0.39, 0.29) is 5.91 Å². The van der Waals surface area contributed by atoms with Gasteiger partial charge in [0.15, 0.2) is 5.13 Å². The van der Waals surface area contributed by atoms with Crippen LogP contribution in [0, 0.1) is 5.92 Å². The second-order valence-corrected chi connectivity index (χ2v) is 5.65. The van der Waals surface area contributed by atoms with Gasteiger partial charge in [-0.15, -0.1) is 0 Å². The summed E-state index contributed by atoms with van der Waals surface area (Å²) < 4.78 is 0. The normalized spacial score (nSPS) is 21.7. The molecular formula is C12H20N4OS. The van der Waals surface area contributed by atoms with E-state index in [1.807, 2.05) is 0 Å². The quantitative estimate of drug-likeness (QED) is 0.853. The van der Waals surface area contributed by atoms with Gasteiger partial charge >= 0.3 is 0 Å². The second-order valence-electron chi connectivity index (χ2n) is 4.68. The zero-order chi connectivity index (χ0) is 13.3. The van der Waals surface area contributed by atoms with Crippen LogP contribution in [0.2, 0.25) is 0 Å². The number of anilines is 2. The first kappa shape index (κ1) is 13.1. The van der Waals surface area contributed by atoms with Gasteiger partial charge in [0.1, 0.15) is 10.7 Å². The number of carbonyl (C=O) groups excluding carboxylic acids is 1. The minimum absolute atomic E-state index is 0.0854. The Morgan fingerprint density at radius 2 is 2.17 bits per heavy atom. The van der Waals surface area contributed by atoms with E-state index < -0.39 is 0 Å². The summed E-state index contributed by atoms with van der Waals surface area (Å²) in [5.74, 6) is 0.843. The van der Waals surface area contributed by atoms with Gasteiger partial charge in [0, 0.05) is 19.1 Å². The molecule has 1 aliphatic carbocycles. The van der Waals surface area contributed by atoms with Crippen LogP contribution in [-0.4, -0.2) is 30.0 Å². The lowest BCUT2D eigenvalue weighted by Crippen LogP contribution is -2.26. The van der Waals surface area contributed by atoms with Crippen molar-refractivity contribution in [1.82, 2.24) is 10.3 Å². The van der Waals surface area contributed by atoms with Crippen molar-refractivity contribution in [2.75, 3.05) is 23.7 Å². The summed E-state index contributed by atoms with van der Waals surface area (Å²) in [5, 5.41) is 3.81. The van der Waals surface area contributed by atoms with Crippen molar-refractivity contribution in [3.05, 3.63) is 4.88 Å². The highest BCUT2D eigenvalue weighted by molar-refractivity contribution is 7.18. The fourth-order valence-electron chi connectivity index (χ4n) is 1.87. The monoisotopic (exact) mass is 268 g/mol. The average molecular weight is 268 g/mol. The molecule has 1 heterocycles. The molecule has 1 amide bonds. The van der Waals surface area contributed by atoms with Crippen molar-refractivity contribution in [2.45, 2.75) is 33.2 Å². The van der Waals surface area contributed by atoms with Gasteiger partial charge in [-0.1, -0.05) is 18.3 Å². The van der Waals surface area contributed by atoms with Gasteiger partial charge < -0.3 is 16.0 Å². The van der Waals surface area contributed by atoms with E-state index in [4.69, 9.17) is 5.73 Å². The molecule has 0 aromatic carbocycles. The van der Waals surface area contributed by atoms with Crippen LogP contribution in [0.1, 0.15) is 36.9 Å². The SMILES string of the molecule is CCN(CC)c1nc(N)c(C(=O)NC2CC2C)s1. The number of nitrogens with zero attached hydrogens (tertiary/aromatic N) is 2. The molecule has 0 radical (unpaired) electrons. The highest BCUT2D eigenvalue weighted by Gasteiger charge is 2.35. The lowest BCUT2D eigenvalue weighted by molar-refractivity contribution is 0.0954. The third kappa shape index (κ3) is 2.58. The van der Waals surface area contributed by atoms with Crippen LogP contribution >= 0.6 is 11.3 Å². The van der Waals surface area contributed by atoms with Crippen LogP contribution in [0.4, 0.5) is 10.9 Å². The number of thiazole rings is 1. The maximum absolute atomic E-state index is 12.0. The van der Waals surface area contributed by atoms with E-state index in [0.717, 1.165) is 24.6 Å². The summed E-state index contributed by atoms with van der Waals surface area (Å²) in [4.78, 5) is 18.9. The number of carbonyl (C=O) groups is 1. The molecule has 1 aliphatic rings. The standard InChI is InChI=1S/C12H20N4OS/c1-4-16(5-2)12-15-10(13)9(18-12)11(17)14-8-6-7(8)3/h7-8H,4-6,13H2,1-3H3,(H,14,17). The summed E-state index contributed by atoms with van der Waals surface area (Å²) in [6.45, 7) is 7.98. The van der Waals surface area contributed by atoms with Crippen LogP contribution < -0.4 is 16.0 Å². The summed E-state index contributed by atoms with van der Waals surface area (Å²) in [5.41, 5.74) is 5.83. The van der Waals surface area contributed by atoms with E-state index in [1.54, 1.807) is 0 Å². The summed E-state index contributed by atoms with van der Waals surface area (Å²) in [7, 11) is 0. The predicted octanol–water partition coefficient (Wildman–Crippen LogP) is 1.71. The van der Waals surface area contributed by atoms with E-state index in [2.05, 4.69) is 36.0 Å². The van der Waals surface area contributed by atoms with Crippen LogP contribution in [0.15, 0.2) is 0 Å². The third-order valence-corrected chi connectivity index (χ3v) is 4.44. The molecule has 0 saturated heterocycles. The van der Waals surface area contributed by atoms with Gasteiger partial charge in [0.2, 0.25) is 0 Å². The molecule has 0 spiro atoms. The molecule has 1 saturated carbocycles. The molecular weight excluding hydrogens is 248 g/mol. The van der Waals surface area contributed by atoms with Crippen LogP contribution in [0.3, 0.4) is 0 Å². The molecule has 3 N–H and O–H groups in total. The van der Waals surface area contributed by atoms with Gasteiger partial charge in [0.05, 0.1) is 0 Å². The highest BCUT2D eigenvalue weighted by atomic mass is 32.1. The number of amides is 1. The topological polar surface area (TPSA) is 71.2 Å². The number of hydrogen-bond donors (Lipinski definition) is 2. The zero-order valence-corrected chi connectivity index (χ0v) is 11.9. The molecule has 100 valence electrons. The van der Waals surface area contributed by atoms with Crippen molar-refractivity contribution in [2.24, 2.45) is 5.92 Å². The van der Waals surface area contributed by atoms with Gasteiger partial charge in [0.25, 0.3) is 5.91 Å². The molecule has 2 atom stereocenters. The molecule has 0 bridgehead atoms. The van der Waals surface area contributed by atoms with Crippen molar-refractivity contribution in [1.29, 1.82) is 0 Å². The fourth-order valence-corrected chi connectivity index (χ4v) is 2.89. The minimum Gasteiger partial charge on any atom is -0.382 e. The van der Waals surface area contributed by atoms with Crippen LogP contribution in [-0.2, 0) is 0 Å². The highest BCUT2D eigenvalue weighted by Crippen LogP contribution is 2.32. The van der Waals surface area contributed by atoms with Gasteiger partial charge in [-0.05, 0) is 26.2 Å². The van der Waals surface area contributed by atoms with Crippen LogP contribution in [0.5, 0.6) is 0 Å². The Morgan fingerprint density at radius 3 is 2.67 bits per heavy atom. The zero-order valence-electron chi connectivity index (χ0n) is 11.1. The third-order valence-electron chi connectivity index (χ3n) is 3.31. The Labute approximate surface area is 111 Å². The largest absolute Gasteiger partial charge is 0.382 e. The van der Waals surface area contributed by atoms with E-state index in [1.165, 1.54) is 11.3 Å². The number of hydrogen-bond acceptors (Lipinski definition) is 5. The average Bonchev–Trinajstić information content (AvgIpc) is 2.87. The molecule has 5 nitrogen and oxygen atoms in total. The fraction of sp³-hybridized carbons (Fsp3) is 0.667. The van der Waals surface area contributed by atoms with E-state index >= 15 is 0 Å². The molecule has 1 aromatic rings.